The maximum absolute atomic E-state index is 12.9. The fourth-order valence-electron chi connectivity index (χ4n) is 1.51. The van der Waals surface area contributed by atoms with Crippen molar-refractivity contribution in [3.05, 3.63) is 35.1 Å². The van der Waals surface area contributed by atoms with Gasteiger partial charge in [0.1, 0.15) is 0 Å². The van der Waals surface area contributed by atoms with Gasteiger partial charge in [0.25, 0.3) is 0 Å². The standard InChI is InChI=1S/C10H10F3NS/c11-7-4-6(5-8(12)9(7)13)10-14-2-1-3-15-10/h4-5,10,14H,1-3H2. The molecule has 0 aliphatic carbocycles. The monoisotopic (exact) mass is 233 g/mol. The smallest absolute Gasteiger partial charge is 0.194 e. The van der Waals surface area contributed by atoms with E-state index in [1.54, 1.807) is 11.8 Å². The Morgan fingerprint density at radius 3 is 2.40 bits per heavy atom. The number of hydrogen-bond donors (Lipinski definition) is 1. The van der Waals surface area contributed by atoms with Crippen LogP contribution in [0.1, 0.15) is 17.4 Å². The van der Waals surface area contributed by atoms with Crippen LogP contribution in [0, 0.1) is 17.5 Å². The molecular weight excluding hydrogens is 223 g/mol. The van der Waals surface area contributed by atoms with Crippen LogP contribution in [0.25, 0.3) is 0 Å². The predicted octanol–water partition coefficient (Wildman–Crippen LogP) is 2.83. The number of benzene rings is 1. The van der Waals surface area contributed by atoms with Crippen molar-refractivity contribution in [1.82, 2.24) is 5.32 Å². The molecule has 15 heavy (non-hydrogen) atoms. The van der Waals surface area contributed by atoms with E-state index in [-0.39, 0.29) is 5.37 Å². The second-order valence-corrected chi connectivity index (χ2v) is 4.57. The predicted molar refractivity (Wildman–Crippen MR) is 54.1 cm³/mol. The minimum atomic E-state index is -1.40. The number of hydrogen-bond acceptors (Lipinski definition) is 2. The molecule has 0 spiro atoms. The van der Waals surface area contributed by atoms with Crippen molar-refractivity contribution in [2.24, 2.45) is 0 Å². The van der Waals surface area contributed by atoms with Crippen molar-refractivity contribution in [2.45, 2.75) is 11.8 Å². The Morgan fingerprint density at radius 1 is 1.20 bits per heavy atom. The molecule has 0 radical (unpaired) electrons. The van der Waals surface area contributed by atoms with Gasteiger partial charge in [-0.05, 0) is 36.4 Å². The van der Waals surface area contributed by atoms with E-state index >= 15 is 0 Å². The van der Waals surface area contributed by atoms with Crippen molar-refractivity contribution in [2.75, 3.05) is 12.3 Å². The highest BCUT2D eigenvalue weighted by molar-refractivity contribution is 7.99. The van der Waals surface area contributed by atoms with Crippen LogP contribution in [-0.2, 0) is 0 Å². The Kier molecular flexibility index (Phi) is 3.21. The Bertz CT molecular complexity index is 341. The highest BCUT2D eigenvalue weighted by Gasteiger charge is 2.19. The van der Waals surface area contributed by atoms with Gasteiger partial charge < -0.3 is 5.32 Å². The molecule has 2 rings (SSSR count). The lowest BCUT2D eigenvalue weighted by Gasteiger charge is -2.23. The molecule has 1 aliphatic rings. The molecule has 1 aromatic rings. The second kappa shape index (κ2) is 4.45. The fourth-order valence-corrected chi connectivity index (χ4v) is 2.62. The van der Waals surface area contributed by atoms with Crippen LogP contribution in [0.5, 0.6) is 0 Å². The minimum Gasteiger partial charge on any atom is -0.302 e. The van der Waals surface area contributed by atoms with E-state index < -0.39 is 17.5 Å². The summed E-state index contributed by atoms with van der Waals surface area (Å²) in [5, 5.41) is 2.98. The summed E-state index contributed by atoms with van der Waals surface area (Å²) >= 11 is 1.57. The van der Waals surface area contributed by atoms with Gasteiger partial charge in [-0.25, -0.2) is 13.2 Å². The zero-order chi connectivity index (χ0) is 10.8. The van der Waals surface area contributed by atoms with Crippen LogP contribution in [0.3, 0.4) is 0 Å². The van der Waals surface area contributed by atoms with E-state index in [4.69, 9.17) is 0 Å². The van der Waals surface area contributed by atoms with Crippen molar-refractivity contribution in [3.63, 3.8) is 0 Å². The molecule has 1 saturated heterocycles. The lowest BCUT2D eigenvalue weighted by molar-refractivity contribution is 0.444. The quantitative estimate of drug-likeness (QED) is 0.748. The SMILES string of the molecule is Fc1cc(C2NCCCS2)cc(F)c1F. The summed E-state index contributed by atoms with van der Waals surface area (Å²) < 4.78 is 38.6. The molecule has 1 aliphatic heterocycles. The van der Waals surface area contributed by atoms with E-state index in [2.05, 4.69) is 5.32 Å². The first-order valence-electron chi connectivity index (χ1n) is 4.68. The third kappa shape index (κ3) is 2.29. The van der Waals surface area contributed by atoms with Crippen LogP contribution < -0.4 is 5.32 Å². The van der Waals surface area contributed by atoms with Crippen molar-refractivity contribution >= 4 is 11.8 Å². The van der Waals surface area contributed by atoms with E-state index in [1.165, 1.54) is 0 Å². The Labute approximate surface area is 90.1 Å². The van der Waals surface area contributed by atoms with Gasteiger partial charge in [0, 0.05) is 0 Å². The molecule has 1 heterocycles. The van der Waals surface area contributed by atoms with Crippen LogP contribution in [0.15, 0.2) is 12.1 Å². The topological polar surface area (TPSA) is 12.0 Å². The first-order valence-corrected chi connectivity index (χ1v) is 5.73. The van der Waals surface area contributed by atoms with E-state index in [0.29, 0.717) is 5.56 Å². The van der Waals surface area contributed by atoms with Crippen LogP contribution in [-0.4, -0.2) is 12.3 Å². The maximum Gasteiger partial charge on any atom is 0.194 e. The average Bonchev–Trinajstić information content (AvgIpc) is 2.26. The van der Waals surface area contributed by atoms with Gasteiger partial charge in [0.15, 0.2) is 17.5 Å². The largest absolute Gasteiger partial charge is 0.302 e. The fraction of sp³-hybridized carbons (Fsp3) is 0.400. The van der Waals surface area contributed by atoms with E-state index in [1.807, 2.05) is 0 Å². The molecule has 0 aromatic heterocycles. The first kappa shape index (κ1) is 10.8. The van der Waals surface area contributed by atoms with Crippen molar-refractivity contribution < 1.29 is 13.2 Å². The molecule has 82 valence electrons. The molecule has 5 heteroatoms. The summed E-state index contributed by atoms with van der Waals surface area (Å²) in [6, 6.07) is 2.10. The van der Waals surface area contributed by atoms with Gasteiger partial charge in [-0.15, -0.1) is 11.8 Å². The normalized spacial score (nSPS) is 21.7. The minimum absolute atomic E-state index is 0.136. The van der Waals surface area contributed by atoms with Gasteiger partial charge >= 0.3 is 0 Å². The number of rotatable bonds is 1. The number of nitrogens with one attached hydrogen (secondary N) is 1. The zero-order valence-corrected chi connectivity index (χ0v) is 8.71. The summed E-state index contributed by atoms with van der Waals surface area (Å²) in [6.45, 7) is 0.818. The summed E-state index contributed by atoms with van der Waals surface area (Å²) in [5.41, 5.74) is 0.455. The first-order chi connectivity index (χ1) is 7.18. The zero-order valence-electron chi connectivity index (χ0n) is 7.90. The second-order valence-electron chi connectivity index (χ2n) is 3.36. The van der Waals surface area contributed by atoms with Crippen LogP contribution in [0.4, 0.5) is 13.2 Å². The lowest BCUT2D eigenvalue weighted by atomic mass is 10.2. The Morgan fingerprint density at radius 2 is 1.87 bits per heavy atom. The molecule has 0 saturated carbocycles. The number of halogens is 3. The molecule has 0 bridgehead atoms. The number of thioether (sulfide) groups is 1. The summed E-state index contributed by atoms with van der Waals surface area (Å²) in [4.78, 5) is 0. The van der Waals surface area contributed by atoms with Gasteiger partial charge in [-0.2, -0.15) is 0 Å². The maximum atomic E-state index is 12.9. The molecule has 1 unspecified atom stereocenters. The van der Waals surface area contributed by atoms with Gasteiger partial charge in [-0.1, -0.05) is 0 Å². The Hall–Kier alpha value is -0.680. The molecular formula is C10H10F3NS. The molecule has 1 fully saturated rings. The average molecular weight is 233 g/mol. The third-order valence-electron chi connectivity index (χ3n) is 2.24. The molecule has 0 amide bonds. The van der Waals surface area contributed by atoms with Gasteiger partial charge in [0.2, 0.25) is 0 Å². The van der Waals surface area contributed by atoms with E-state index in [9.17, 15) is 13.2 Å². The highest BCUT2D eigenvalue weighted by atomic mass is 32.2. The molecule has 1 nitrogen and oxygen atoms in total. The van der Waals surface area contributed by atoms with Crippen LogP contribution >= 0.6 is 11.8 Å². The highest BCUT2D eigenvalue weighted by Crippen LogP contribution is 2.30. The molecule has 1 aromatic carbocycles. The molecule has 1 N–H and O–H groups in total. The van der Waals surface area contributed by atoms with Crippen molar-refractivity contribution in [1.29, 1.82) is 0 Å². The third-order valence-corrected chi connectivity index (χ3v) is 3.54. The van der Waals surface area contributed by atoms with Gasteiger partial charge in [0.05, 0.1) is 5.37 Å². The molecule has 1 atom stereocenters. The summed E-state index contributed by atoms with van der Waals surface area (Å²) in [7, 11) is 0. The van der Waals surface area contributed by atoms with E-state index in [0.717, 1.165) is 30.9 Å². The summed E-state index contributed by atoms with van der Waals surface area (Å²) in [6.07, 6.45) is 1.04. The Balaban J connectivity index is 2.27. The lowest BCUT2D eigenvalue weighted by Crippen LogP contribution is -2.25. The summed E-state index contributed by atoms with van der Waals surface area (Å²) in [5.74, 6) is -2.71. The van der Waals surface area contributed by atoms with Crippen LogP contribution in [0.2, 0.25) is 0 Å². The van der Waals surface area contributed by atoms with Gasteiger partial charge in [-0.3, -0.25) is 0 Å². The van der Waals surface area contributed by atoms with Crippen molar-refractivity contribution in [3.8, 4) is 0 Å².